The van der Waals surface area contributed by atoms with Crippen LogP contribution in [0.3, 0.4) is 0 Å². The van der Waals surface area contributed by atoms with Gasteiger partial charge in [0.2, 0.25) is 5.91 Å². The molecular formula is C22H24N6O5S. The number of hydrogen-bond donors (Lipinski definition) is 1. The lowest BCUT2D eigenvalue weighted by Crippen LogP contribution is -2.45. The first-order valence-electron chi connectivity index (χ1n) is 10.7. The van der Waals surface area contributed by atoms with Crippen molar-refractivity contribution >= 4 is 33.4 Å². The van der Waals surface area contributed by atoms with Gasteiger partial charge in [-0.3, -0.25) is 9.59 Å². The van der Waals surface area contributed by atoms with Crippen molar-refractivity contribution in [1.82, 2.24) is 30.4 Å². The van der Waals surface area contributed by atoms with Gasteiger partial charge in [0.15, 0.2) is 15.7 Å². The van der Waals surface area contributed by atoms with Gasteiger partial charge in [0, 0.05) is 24.2 Å². The molecule has 1 aliphatic rings. The zero-order valence-electron chi connectivity index (χ0n) is 18.5. The summed E-state index contributed by atoms with van der Waals surface area (Å²) >= 11 is 0. The lowest BCUT2D eigenvalue weighted by molar-refractivity contribution is -0.132. The van der Waals surface area contributed by atoms with E-state index in [0.717, 1.165) is 0 Å². The van der Waals surface area contributed by atoms with Gasteiger partial charge in [0.1, 0.15) is 11.5 Å². The first-order valence-corrected chi connectivity index (χ1v) is 12.6. The molecule has 1 atom stereocenters. The number of furan rings is 1. The first-order chi connectivity index (χ1) is 16.4. The van der Waals surface area contributed by atoms with Crippen LogP contribution in [-0.4, -0.2) is 76.0 Å². The Kier molecular flexibility index (Phi) is 6.87. The maximum absolute atomic E-state index is 13.6. The Hall–Kier alpha value is -3.80. The SMILES string of the molecule is CCN(CC(=O)NC1CCS(=O)(=O)C1)C(=O)C(=Cc1ccco1)n1nnnc1-c1ccccc1. The number of rotatable bonds is 8. The lowest BCUT2D eigenvalue weighted by Gasteiger charge is -2.23. The fraction of sp³-hybridized carbons (Fsp3) is 0.318. The van der Waals surface area contributed by atoms with Crippen molar-refractivity contribution in [2.75, 3.05) is 24.6 Å². The van der Waals surface area contributed by atoms with Crippen LogP contribution in [0.4, 0.5) is 0 Å². The van der Waals surface area contributed by atoms with Crippen LogP contribution in [-0.2, 0) is 19.4 Å². The molecule has 34 heavy (non-hydrogen) atoms. The van der Waals surface area contributed by atoms with Gasteiger partial charge in [0.05, 0.1) is 24.3 Å². The Morgan fingerprint density at radius 1 is 1.24 bits per heavy atom. The molecule has 1 N–H and O–H groups in total. The van der Waals surface area contributed by atoms with Crippen molar-refractivity contribution in [3.05, 3.63) is 54.5 Å². The number of aromatic nitrogens is 4. The van der Waals surface area contributed by atoms with Crippen molar-refractivity contribution in [2.45, 2.75) is 19.4 Å². The highest BCUT2D eigenvalue weighted by Gasteiger charge is 2.30. The van der Waals surface area contributed by atoms with Crippen LogP contribution in [0.1, 0.15) is 19.1 Å². The second kappa shape index (κ2) is 10.00. The van der Waals surface area contributed by atoms with Crippen molar-refractivity contribution in [3.8, 4) is 11.4 Å². The Labute approximate surface area is 196 Å². The minimum atomic E-state index is -3.13. The summed E-state index contributed by atoms with van der Waals surface area (Å²) in [5, 5.41) is 14.5. The predicted octanol–water partition coefficient (Wildman–Crippen LogP) is 1.08. The van der Waals surface area contributed by atoms with E-state index in [2.05, 4.69) is 20.8 Å². The average molecular weight is 485 g/mol. The second-order valence-electron chi connectivity index (χ2n) is 7.81. The van der Waals surface area contributed by atoms with Gasteiger partial charge in [-0.15, -0.1) is 5.10 Å². The minimum Gasteiger partial charge on any atom is -0.465 e. The Balaban J connectivity index is 1.60. The number of carbonyl (C=O) groups is 2. The summed E-state index contributed by atoms with van der Waals surface area (Å²) in [5.74, 6) is -0.204. The second-order valence-corrected chi connectivity index (χ2v) is 10.0. The molecule has 2 amide bonds. The zero-order chi connectivity index (χ0) is 24.1. The van der Waals surface area contributed by atoms with E-state index >= 15 is 0 Å². The molecule has 1 saturated heterocycles. The molecule has 0 aliphatic carbocycles. The summed E-state index contributed by atoms with van der Waals surface area (Å²) in [7, 11) is -3.13. The number of nitrogens with zero attached hydrogens (tertiary/aromatic N) is 5. The number of amides is 2. The van der Waals surface area contributed by atoms with Crippen LogP contribution in [0, 0.1) is 0 Å². The van der Waals surface area contributed by atoms with Gasteiger partial charge in [-0.1, -0.05) is 30.3 Å². The van der Waals surface area contributed by atoms with Crippen molar-refractivity contribution in [2.24, 2.45) is 0 Å². The van der Waals surface area contributed by atoms with Gasteiger partial charge >= 0.3 is 0 Å². The largest absolute Gasteiger partial charge is 0.465 e. The van der Waals surface area contributed by atoms with E-state index in [1.807, 2.05) is 30.3 Å². The smallest absolute Gasteiger partial charge is 0.273 e. The summed E-state index contributed by atoms with van der Waals surface area (Å²) in [6, 6.07) is 12.1. The Morgan fingerprint density at radius 3 is 2.68 bits per heavy atom. The van der Waals surface area contributed by atoms with Crippen molar-refractivity contribution < 1.29 is 22.4 Å². The third kappa shape index (κ3) is 5.39. The Morgan fingerprint density at radius 2 is 2.03 bits per heavy atom. The number of benzene rings is 1. The fourth-order valence-electron chi connectivity index (χ4n) is 3.68. The number of nitrogens with one attached hydrogen (secondary N) is 1. The number of sulfone groups is 1. The molecule has 0 spiro atoms. The fourth-order valence-corrected chi connectivity index (χ4v) is 5.36. The molecule has 4 rings (SSSR count). The molecule has 1 unspecified atom stereocenters. The van der Waals surface area contributed by atoms with E-state index in [4.69, 9.17) is 4.42 Å². The summed E-state index contributed by atoms with van der Waals surface area (Å²) in [6.45, 7) is 1.73. The maximum Gasteiger partial charge on any atom is 0.273 e. The molecule has 12 heteroatoms. The molecular weight excluding hydrogens is 460 g/mol. The molecule has 1 fully saturated rings. The highest BCUT2D eigenvalue weighted by Crippen LogP contribution is 2.22. The average Bonchev–Trinajstić information content (AvgIpc) is 3.57. The summed E-state index contributed by atoms with van der Waals surface area (Å²) < 4.78 is 30.1. The van der Waals surface area contributed by atoms with E-state index in [1.54, 1.807) is 19.1 Å². The van der Waals surface area contributed by atoms with E-state index in [0.29, 0.717) is 23.6 Å². The van der Waals surface area contributed by atoms with E-state index in [9.17, 15) is 18.0 Å². The minimum absolute atomic E-state index is 0.0476. The third-order valence-electron chi connectivity index (χ3n) is 5.37. The van der Waals surface area contributed by atoms with Crippen LogP contribution >= 0.6 is 0 Å². The van der Waals surface area contributed by atoms with Crippen LogP contribution < -0.4 is 5.32 Å². The topological polar surface area (TPSA) is 140 Å². The zero-order valence-corrected chi connectivity index (χ0v) is 19.3. The van der Waals surface area contributed by atoms with E-state index in [-0.39, 0.29) is 30.3 Å². The Bertz CT molecular complexity index is 1280. The lowest BCUT2D eigenvalue weighted by atomic mass is 10.2. The van der Waals surface area contributed by atoms with E-state index in [1.165, 1.54) is 21.9 Å². The normalized spacial score (nSPS) is 17.4. The van der Waals surface area contributed by atoms with Crippen molar-refractivity contribution in [3.63, 3.8) is 0 Å². The highest BCUT2D eigenvalue weighted by molar-refractivity contribution is 7.91. The molecule has 3 aromatic rings. The quantitative estimate of drug-likeness (QED) is 0.469. The van der Waals surface area contributed by atoms with Crippen LogP contribution in [0.15, 0.2) is 53.1 Å². The van der Waals surface area contributed by atoms with Crippen LogP contribution in [0.5, 0.6) is 0 Å². The standard InChI is InChI=1S/C22H24N6O5S/c1-2-27(14-20(29)23-17-10-12-34(31,32)15-17)22(30)19(13-18-9-6-11-33-18)28-21(24-25-26-28)16-7-4-3-5-8-16/h3-9,11,13,17H,2,10,12,14-15H2,1H3,(H,23,29). The summed E-state index contributed by atoms with van der Waals surface area (Å²) in [6.07, 6.45) is 3.35. The molecule has 3 heterocycles. The highest BCUT2D eigenvalue weighted by atomic mass is 32.2. The number of carbonyl (C=O) groups excluding carboxylic acids is 2. The number of tetrazole rings is 1. The molecule has 2 aromatic heterocycles. The first kappa shape index (κ1) is 23.4. The summed E-state index contributed by atoms with van der Waals surface area (Å²) in [5.41, 5.74) is 0.797. The van der Waals surface area contributed by atoms with Crippen LogP contribution in [0.2, 0.25) is 0 Å². The van der Waals surface area contributed by atoms with E-state index < -0.39 is 27.7 Å². The molecule has 1 aliphatic heterocycles. The van der Waals surface area contributed by atoms with Gasteiger partial charge in [-0.25, -0.2) is 8.42 Å². The third-order valence-corrected chi connectivity index (χ3v) is 7.14. The van der Waals surface area contributed by atoms with Gasteiger partial charge in [-0.2, -0.15) is 4.68 Å². The monoisotopic (exact) mass is 484 g/mol. The maximum atomic E-state index is 13.6. The van der Waals surface area contributed by atoms with Gasteiger partial charge < -0.3 is 14.6 Å². The molecule has 178 valence electrons. The summed E-state index contributed by atoms with van der Waals surface area (Å²) in [4.78, 5) is 27.5. The molecule has 1 aromatic carbocycles. The number of hydrogen-bond acceptors (Lipinski definition) is 8. The van der Waals surface area contributed by atoms with Gasteiger partial charge in [0.25, 0.3) is 5.91 Å². The number of likely N-dealkylation sites (N-methyl/N-ethyl adjacent to an activating group) is 1. The molecule has 0 bridgehead atoms. The van der Waals surface area contributed by atoms with Crippen LogP contribution in [0.25, 0.3) is 23.2 Å². The van der Waals surface area contributed by atoms with Gasteiger partial charge in [-0.05, 0) is 35.9 Å². The molecule has 0 radical (unpaired) electrons. The molecule has 0 saturated carbocycles. The molecule has 11 nitrogen and oxygen atoms in total. The predicted molar refractivity (Wildman–Crippen MR) is 124 cm³/mol. The van der Waals surface area contributed by atoms with Crippen molar-refractivity contribution in [1.29, 1.82) is 0 Å².